The van der Waals surface area contributed by atoms with Crippen molar-refractivity contribution in [2.45, 2.75) is 20.3 Å². The molecule has 1 N–H and O–H groups in total. The van der Waals surface area contributed by atoms with Crippen molar-refractivity contribution in [3.8, 4) is 0 Å². The third kappa shape index (κ3) is 5.87. The molecule has 18 heavy (non-hydrogen) atoms. The van der Waals surface area contributed by atoms with Crippen molar-refractivity contribution >= 4 is 22.8 Å². The molecule has 0 fully saturated rings. The van der Waals surface area contributed by atoms with E-state index in [1.54, 1.807) is 0 Å². The van der Waals surface area contributed by atoms with Crippen LogP contribution >= 0.6 is 11.8 Å². The topological polar surface area (TPSA) is 46.2 Å². The molecule has 0 heterocycles. The predicted octanol–water partition coefficient (Wildman–Crippen LogP) is 2.26. The van der Waals surface area contributed by atoms with E-state index in [2.05, 4.69) is 5.32 Å². The SMILES string of the molecule is CC(=O)SCC(C)C(=O)NCCc1ccccc1. The minimum absolute atomic E-state index is 0.0136. The number of nitrogens with one attached hydrogen (secondary N) is 1. The summed E-state index contributed by atoms with van der Waals surface area (Å²) in [5, 5.41) is 2.95. The predicted molar refractivity (Wildman–Crippen MR) is 75.5 cm³/mol. The van der Waals surface area contributed by atoms with E-state index in [9.17, 15) is 9.59 Å². The van der Waals surface area contributed by atoms with Crippen molar-refractivity contribution < 1.29 is 9.59 Å². The largest absolute Gasteiger partial charge is 0.356 e. The van der Waals surface area contributed by atoms with Gasteiger partial charge in [0.15, 0.2) is 5.12 Å². The zero-order valence-electron chi connectivity index (χ0n) is 10.8. The Labute approximate surface area is 112 Å². The highest BCUT2D eigenvalue weighted by atomic mass is 32.2. The average Bonchev–Trinajstić information content (AvgIpc) is 2.37. The van der Waals surface area contributed by atoms with Crippen LogP contribution in [0.3, 0.4) is 0 Å². The maximum atomic E-state index is 11.7. The molecule has 1 aromatic rings. The molecule has 1 aromatic carbocycles. The molecule has 0 aliphatic rings. The molecule has 0 saturated carbocycles. The number of hydrogen-bond acceptors (Lipinski definition) is 3. The van der Waals surface area contributed by atoms with Crippen molar-refractivity contribution in [2.75, 3.05) is 12.3 Å². The second-order valence-electron chi connectivity index (χ2n) is 4.23. The quantitative estimate of drug-likeness (QED) is 0.858. The van der Waals surface area contributed by atoms with Crippen LogP contribution in [-0.2, 0) is 16.0 Å². The smallest absolute Gasteiger partial charge is 0.223 e. The van der Waals surface area contributed by atoms with Crippen molar-refractivity contribution in [2.24, 2.45) is 5.92 Å². The molecule has 0 aliphatic heterocycles. The second kappa shape index (κ2) is 7.93. The lowest BCUT2D eigenvalue weighted by Crippen LogP contribution is -2.32. The summed E-state index contributed by atoms with van der Waals surface area (Å²) in [6.45, 7) is 4.00. The number of carbonyl (C=O) groups is 2. The summed E-state index contributed by atoms with van der Waals surface area (Å²) < 4.78 is 0. The zero-order chi connectivity index (χ0) is 13.4. The summed E-state index contributed by atoms with van der Waals surface area (Å²) in [7, 11) is 0. The van der Waals surface area contributed by atoms with Gasteiger partial charge in [-0.25, -0.2) is 0 Å². The van der Waals surface area contributed by atoms with Gasteiger partial charge in [-0.15, -0.1) is 0 Å². The average molecular weight is 265 g/mol. The monoisotopic (exact) mass is 265 g/mol. The van der Waals surface area contributed by atoms with Gasteiger partial charge in [-0.2, -0.15) is 0 Å². The van der Waals surface area contributed by atoms with E-state index in [1.807, 2.05) is 37.3 Å². The fraction of sp³-hybridized carbons (Fsp3) is 0.429. The molecule has 0 aliphatic carbocycles. The van der Waals surface area contributed by atoms with E-state index in [1.165, 1.54) is 24.2 Å². The fourth-order valence-corrected chi connectivity index (χ4v) is 2.10. The summed E-state index contributed by atoms with van der Waals surface area (Å²) in [6.07, 6.45) is 0.832. The van der Waals surface area contributed by atoms with Crippen LogP contribution in [0.1, 0.15) is 19.4 Å². The number of hydrogen-bond donors (Lipinski definition) is 1. The van der Waals surface area contributed by atoms with Gasteiger partial charge in [-0.1, -0.05) is 49.0 Å². The zero-order valence-corrected chi connectivity index (χ0v) is 11.6. The van der Waals surface area contributed by atoms with Gasteiger partial charge < -0.3 is 5.32 Å². The van der Waals surface area contributed by atoms with Crippen molar-refractivity contribution in [1.29, 1.82) is 0 Å². The van der Waals surface area contributed by atoms with Gasteiger partial charge in [0.25, 0.3) is 0 Å². The first-order valence-corrected chi connectivity index (χ1v) is 7.03. The number of thioether (sulfide) groups is 1. The molecule has 98 valence electrons. The lowest BCUT2D eigenvalue weighted by molar-refractivity contribution is -0.123. The minimum atomic E-state index is -0.130. The first-order valence-electron chi connectivity index (χ1n) is 6.04. The molecule has 1 rings (SSSR count). The molecule has 0 bridgehead atoms. The van der Waals surface area contributed by atoms with Crippen molar-refractivity contribution in [3.63, 3.8) is 0 Å². The molecule has 0 radical (unpaired) electrons. The summed E-state index contributed by atoms with van der Waals surface area (Å²) in [5.74, 6) is 0.432. The van der Waals surface area contributed by atoms with Gasteiger partial charge in [-0.3, -0.25) is 9.59 Å². The van der Waals surface area contributed by atoms with Crippen LogP contribution in [0.25, 0.3) is 0 Å². The molecular formula is C14H19NO2S. The molecule has 1 unspecified atom stereocenters. The molecule has 0 saturated heterocycles. The molecule has 3 nitrogen and oxygen atoms in total. The maximum Gasteiger partial charge on any atom is 0.223 e. The van der Waals surface area contributed by atoms with Crippen molar-refractivity contribution in [3.05, 3.63) is 35.9 Å². The van der Waals surface area contributed by atoms with E-state index >= 15 is 0 Å². The van der Waals surface area contributed by atoms with Crippen LogP contribution in [0.15, 0.2) is 30.3 Å². The minimum Gasteiger partial charge on any atom is -0.356 e. The summed E-state index contributed by atoms with van der Waals surface area (Å²) >= 11 is 1.20. The standard InChI is InChI=1S/C14H19NO2S/c1-11(10-18-12(2)16)14(17)15-9-8-13-6-4-3-5-7-13/h3-7,11H,8-10H2,1-2H3,(H,15,17). The summed E-state index contributed by atoms with van der Waals surface area (Å²) in [4.78, 5) is 22.5. The Hall–Kier alpha value is -1.29. The van der Waals surface area contributed by atoms with E-state index in [0.717, 1.165) is 6.42 Å². The Morgan fingerprint density at radius 2 is 1.94 bits per heavy atom. The van der Waals surface area contributed by atoms with E-state index in [4.69, 9.17) is 0 Å². The lowest BCUT2D eigenvalue weighted by Gasteiger charge is -2.10. The normalized spacial score (nSPS) is 11.9. The first kappa shape index (κ1) is 14.8. The number of benzene rings is 1. The van der Waals surface area contributed by atoms with Crippen LogP contribution in [-0.4, -0.2) is 23.3 Å². The number of carbonyl (C=O) groups excluding carboxylic acids is 2. The summed E-state index contributed by atoms with van der Waals surface area (Å²) in [5.41, 5.74) is 1.21. The van der Waals surface area contributed by atoms with E-state index in [-0.39, 0.29) is 16.9 Å². The molecular weight excluding hydrogens is 246 g/mol. The van der Waals surface area contributed by atoms with Crippen LogP contribution in [0.2, 0.25) is 0 Å². The molecule has 4 heteroatoms. The molecule has 0 spiro atoms. The molecule has 1 atom stereocenters. The van der Waals surface area contributed by atoms with E-state index < -0.39 is 0 Å². The Morgan fingerprint density at radius 1 is 1.28 bits per heavy atom. The van der Waals surface area contributed by atoms with Gasteiger partial charge in [0.05, 0.1) is 0 Å². The molecule has 0 aromatic heterocycles. The van der Waals surface area contributed by atoms with Crippen LogP contribution in [0.4, 0.5) is 0 Å². The number of amides is 1. The number of rotatable bonds is 6. The van der Waals surface area contributed by atoms with Gasteiger partial charge in [0.1, 0.15) is 0 Å². The van der Waals surface area contributed by atoms with Gasteiger partial charge in [0, 0.05) is 25.1 Å². The highest BCUT2D eigenvalue weighted by Gasteiger charge is 2.13. The van der Waals surface area contributed by atoms with Gasteiger partial charge in [-0.05, 0) is 12.0 Å². The second-order valence-corrected chi connectivity index (χ2v) is 5.43. The molecule has 1 amide bonds. The Balaban J connectivity index is 2.22. The third-order valence-corrected chi connectivity index (χ3v) is 3.61. The van der Waals surface area contributed by atoms with E-state index in [0.29, 0.717) is 12.3 Å². The highest BCUT2D eigenvalue weighted by Crippen LogP contribution is 2.09. The van der Waals surface area contributed by atoms with Crippen LogP contribution in [0.5, 0.6) is 0 Å². The Kier molecular flexibility index (Phi) is 6.50. The first-order chi connectivity index (χ1) is 8.59. The van der Waals surface area contributed by atoms with Crippen LogP contribution < -0.4 is 5.32 Å². The van der Waals surface area contributed by atoms with Gasteiger partial charge >= 0.3 is 0 Å². The Morgan fingerprint density at radius 3 is 2.56 bits per heavy atom. The third-order valence-electron chi connectivity index (χ3n) is 2.54. The van der Waals surface area contributed by atoms with Gasteiger partial charge in [0.2, 0.25) is 5.91 Å². The maximum absolute atomic E-state index is 11.7. The van der Waals surface area contributed by atoms with Crippen molar-refractivity contribution in [1.82, 2.24) is 5.32 Å². The highest BCUT2D eigenvalue weighted by molar-refractivity contribution is 8.13. The Bertz CT molecular complexity index is 392. The lowest BCUT2D eigenvalue weighted by atomic mass is 10.1. The summed E-state index contributed by atoms with van der Waals surface area (Å²) in [6, 6.07) is 10.0. The fourth-order valence-electron chi connectivity index (χ4n) is 1.47. The van der Waals surface area contributed by atoms with Crippen LogP contribution in [0, 0.1) is 5.92 Å².